The zero-order chi connectivity index (χ0) is 22.4. The Morgan fingerprint density at radius 2 is 1.93 bits per heavy atom. The smallest absolute Gasteiger partial charge is 0.259 e. The second kappa shape index (κ2) is 7.30. The molecule has 1 aliphatic rings. The van der Waals surface area contributed by atoms with E-state index >= 15 is 4.39 Å². The summed E-state index contributed by atoms with van der Waals surface area (Å²) in [7, 11) is -2.28. The van der Waals surface area contributed by atoms with Crippen molar-refractivity contribution < 1.29 is 22.3 Å². The SMILES string of the molecule is COc1c(C#N)ccc(N2C(=O)C(C)(C)N(c3ccc(S(C)(=O)=O)nc3)C2=S)c1F. The molecule has 1 aromatic carbocycles. The predicted molar refractivity (Wildman–Crippen MR) is 112 cm³/mol. The molecular formula is C19H17FN4O4S2. The molecule has 1 aliphatic heterocycles. The van der Waals surface area contributed by atoms with Crippen LogP contribution in [0.1, 0.15) is 19.4 Å². The van der Waals surface area contributed by atoms with Crippen molar-refractivity contribution in [2.24, 2.45) is 0 Å². The first-order chi connectivity index (χ1) is 13.9. The third kappa shape index (κ3) is 3.28. The van der Waals surface area contributed by atoms with E-state index in [0.29, 0.717) is 5.69 Å². The molecule has 3 rings (SSSR count). The van der Waals surface area contributed by atoms with E-state index in [4.69, 9.17) is 22.2 Å². The largest absolute Gasteiger partial charge is 0.492 e. The van der Waals surface area contributed by atoms with E-state index < -0.39 is 27.1 Å². The molecule has 0 radical (unpaired) electrons. The van der Waals surface area contributed by atoms with Gasteiger partial charge in [-0.3, -0.25) is 9.69 Å². The number of rotatable bonds is 4. The normalized spacial score (nSPS) is 16.0. The quantitative estimate of drug-likeness (QED) is 0.657. The number of aromatic nitrogens is 1. The summed E-state index contributed by atoms with van der Waals surface area (Å²) in [6.07, 6.45) is 2.32. The van der Waals surface area contributed by atoms with Crippen LogP contribution in [-0.4, -0.2) is 43.3 Å². The Hall–Kier alpha value is -3.10. The number of benzene rings is 1. The molecule has 0 bridgehead atoms. The maximum atomic E-state index is 15.1. The summed E-state index contributed by atoms with van der Waals surface area (Å²) in [5, 5.41) is 8.98. The lowest BCUT2D eigenvalue weighted by Crippen LogP contribution is -2.44. The number of pyridine rings is 1. The van der Waals surface area contributed by atoms with Crippen LogP contribution >= 0.6 is 12.2 Å². The number of carbonyl (C=O) groups excluding carboxylic acids is 1. The van der Waals surface area contributed by atoms with E-state index in [2.05, 4.69) is 4.98 Å². The van der Waals surface area contributed by atoms with Gasteiger partial charge in [-0.25, -0.2) is 17.8 Å². The molecule has 0 saturated carbocycles. The van der Waals surface area contributed by atoms with Crippen molar-refractivity contribution in [3.05, 3.63) is 41.8 Å². The van der Waals surface area contributed by atoms with E-state index in [1.54, 1.807) is 13.8 Å². The standard InChI is InChI=1S/C19H17FN4O4S2/c1-19(2)17(25)23(13-7-5-11(9-21)16(28-3)15(13)20)18(29)24(19)12-6-8-14(22-10-12)30(4,26)27/h5-8,10H,1-4H3. The minimum absolute atomic E-state index is 0.0204. The highest BCUT2D eigenvalue weighted by Crippen LogP contribution is 2.39. The third-order valence-corrected chi connectivity index (χ3v) is 6.04. The van der Waals surface area contributed by atoms with Crippen molar-refractivity contribution >= 4 is 44.4 Å². The van der Waals surface area contributed by atoms with Crippen LogP contribution in [0.5, 0.6) is 5.75 Å². The summed E-state index contributed by atoms with van der Waals surface area (Å²) >= 11 is 5.47. The monoisotopic (exact) mass is 448 g/mol. The van der Waals surface area contributed by atoms with Crippen molar-refractivity contribution in [3.8, 4) is 11.8 Å². The van der Waals surface area contributed by atoms with Crippen LogP contribution in [0.2, 0.25) is 0 Å². The molecule has 1 fully saturated rings. The van der Waals surface area contributed by atoms with E-state index in [1.165, 1.54) is 42.5 Å². The number of ether oxygens (including phenoxy) is 1. The Labute approximate surface area is 178 Å². The van der Waals surface area contributed by atoms with Crippen molar-refractivity contribution in [1.29, 1.82) is 5.26 Å². The lowest BCUT2D eigenvalue weighted by atomic mass is 10.0. The van der Waals surface area contributed by atoms with Crippen LogP contribution in [0, 0.1) is 17.1 Å². The fourth-order valence-corrected chi connectivity index (χ4v) is 4.25. The first kappa shape index (κ1) is 21.6. The van der Waals surface area contributed by atoms with Crippen LogP contribution in [0.15, 0.2) is 35.5 Å². The average Bonchev–Trinajstić information content (AvgIpc) is 2.85. The number of carbonyl (C=O) groups is 1. The molecule has 11 heteroatoms. The summed E-state index contributed by atoms with van der Waals surface area (Å²) in [5.41, 5.74) is -1.02. The van der Waals surface area contributed by atoms with Gasteiger partial charge in [-0.15, -0.1) is 0 Å². The van der Waals surface area contributed by atoms with Gasteiger partial charge >= 0.3 is 0 Å². The lowest BCUT2D eigenvalue weighted by Gasteiger charge is -2.29. The first-order valence-corrected chi connectivity index (χ1v) is 10.9. The van der Waals surface area contributed by atoms with Crippen molar-refractivity contribution in [1.82, 2.24) is 4.98 Å². The second-order valence-corrected chi connectivity index (χ2v) is 9.36. The van der Waals surface area contributed by atoms with Crippen LogP contribution in [0.4, 0.5) is 15.8 Å². The van der Waals surface area contributed by atoms with E-state index in [9.17, 15) is 13.2 Å². The molecule has 30 heavy (non-hydrogen) atoms. The Morgan fingerprint density at radius 3 is 2.43 bits per heavy atom. The molecule has 0 spiro atoms. The van der Waals surface area contributed by atoms with Crippen molar-refractivity contribution in [2.45, 2.75) is 24.4 Å². The van der Waals surface area contributed by atoms with Gasteiger partial charge in [-0.05, 0) is 50.3 Å². The molecule has 1 amide bonds. The number of anilines is 2. The van der Waals surface area contributed by atoms with E-state index in [-0.39, 0.29) is 27.1 Å². The van der Waals surface area contributed by atoms with Gasteiger partial charge < -0.3 is 9.64 Å². The molecule has 0 atom stereocenters. The highest BCUT2D eigenvalue weighted by atomic mass is 32.2. The van der Waals surface area contributed by atoms with E-state index in [0.717, 1.165) is 11.2 Å². The van der Waals surface area contributed by atoms with E-state index in [1.807, 2.05) is 6.07 Å². The Kier molecular flexibility index (Phi) is 5.26. The molecule has 2 heterocycles. The molecule has 0 aliphatic carbocycles. The molecular weight excluding hydrogens is 431 g/mol. The summed E-state index contributed by atoms with van der Waals surface area (Å²) in [6.45, 7) is 3.20. The van der Waals surface area contributed by atoms with Crippen LogP contribution in [0.25, 0.3) is 0 Å². The molecule has 1 aromatic heterocycles. The average molecular weight is 449 g/mol. The van der Waals surface area contributed by atoms with Gasteiger partial charge in [0.05, 0.1) is 30.2 Å². The number of halogens is 1. The molecule has 0 unspecified atom stereocenters. The number of nitrogens with zero attached hydrogens (tertiary/aromatic N) is 4. The maximum Gasteiger partial charge on any atom is 0.259 e. The third-order valence-electron chi connectivity index (χ3n) is 4.67. The zero-order valence-electron chi connectivity index (χ0n) is 16.5. The summed E-state index contributed by atoms with van der Waals surface area (Å²) in [5.74, 6) is -1.69. The van der Waals surface area contributed by atoms with Gasteiger partial charge in [-0.1, -0.05) is 0 Å². The van der Waals surface area contributed by atoms with Crippen LogP contribution < -0.4 is 14.5 Å². The number of sulfone groups is 1. The zero-order valence-corrected chi connectivity index (χ0v) is 18.1. The summed E-state index contributed by atoms with van der Waals surface area (Å²) in [4.78, 5) is 19.6. The Morgan fingerprint density at radius 1 is 1.27 bits per heavy atom. The number of amides is 1. The van der Waals surface area contributed by atoms with Gasteiger partial charge in [0.15, 0.2) is 31.5 Å². The molecule has 156 valence electrons. The van der Waals surface area contributed by atoms with Crippen LogP contribution in [-0.2, 0) is 14.6 Å². The van der Waals surface area contributed by atoms with Crippen LogP contribution in [0.3, 0.4) is 0 Å². The van der Waals surface area contributed by atoms with Gasteiger partial charge in [0, 0.05) is 6.26 Å². The summed E-state index contributed by atoms with van der Waals surface area (Å²) in [6, 6.07) is 7.23. The minimum atomic E-state index is -3.50. The van der Waals surface area contributed by atoms with Crippen molar-refractivity contribution in [2.75, 3.05) is 23.2 Å². The maximum absolute atomic E-state index is 15.1. The highest BCUT2D eigenvalue weighted by Gasteiger charge is 2.51. The second-order valence-electron chi connectivity index (χ2n) is 7.04. The topological polar surface area (TPSA) is 104 Å². The number of nitriles is 1. The highest BCUT2D eigenvalue weighted by molar-refractivity contribution is 7.90. The van der Waals surface area contributed by atoms with Gasteiger partial charge in [0.2, 0.25) is 0 Å². The lowest BCUT2D eigenvalue weighted by molar-refractivity contribution is -0.120. The fourth-order valence-electron chi connectivity index (χ4n) is 3.17. The molecule has 8 nitrogen and oxygen atoms in total. The number of hydrogen-bond acceptors (Lipinski definition) is 7. The minimum Gasteiger partial charge on any atom is -0.492 e. The molecule has 2 aromatic rings. The Balaban J connectivity index is 2.11. The molecule has 0 N–H and O–H groups in total. The van der Waals surface area contributed by atoms with Gasteiger partial charge in [-0.2, -0.15) is 5.26 Å². The van der Waals surface area contributed by atoms with Gasteiger partial charge in [0.25, 0.3) is 5.91 Å². The fraction of sp³-hybridized carbons (Fsp3) is 0.263. The number of thiocarbonyl (C=S) groups is 1. The first-order valence-electron chi connectivity index (χ1n) is 8.56. The van der Waals surface area contributed by atoms with Gasteiger partial charge in [0.1, 0.15) is 11.6 Å². The predicted octanol–water partition coefficient (Wildman–Crippen LogP) is 2.42. The summed E-state index contributed by atoms with van der Waals surface area (Å²) < 4.78 is 43.4. The number of methoxy groups -OCH3 is 1. The molecule has 1 saturated heterocycles. The Bertz CT molecular complexity index is 1200. The van der Waals surface area contributed by atoms with Crippen molar-refractivity contribution in [3.63, 3.8) is 0 Å². The number of hydrogen-bond donors (Lipinski definition) is 0.